The second-order valence-electron chi connectivity index (χ2n) is 13.1. The minimum atomic E-state index is 1.11. The van der Waals surface area contributed by atoms with Crippen molar-refractivity contribution in [2.24, 2.45) is 7.05 Å². The number of aryl methyl sites for hydroxylation is 1. The van der Waals surface area contributed by atoms with Crippen LogP contribution in [-0.4, -0.2) is 4.57 Å². The molecule has 9 aromatic rings. The normalized spacial score (nSPS) is 11.2. The predicted octanol–water partition coefficient (Wildman–Crippen LogP) is 13.6. The minimum Gasteiger partial charge on any atom is -0.344 e. The van der Waals surface area contributed by atoms with Crippen LogP contribution in [0.3, 0.4) is 0 Å². The Morgan fingerprint density at radius 1 is 0.288 bits per heavy atom. The lowest BCUT2D eigenvalue weighted by Gasteiger charge is -2.26. The number of hydrogen-bond donors (Lipinski definition) is 0. The smallest absolute Gasteiger partial charge is 0.0490 e. The van der Waals surface area contributed by atoms with Gasteiger partial charge in [-0.1, -0.05) is 121 Å². The molecule has 0 radical (unpaired) electrons. The van der Waals surface area contributed by atoms with Crippen LogP contribution in [0.1, 0.15) is 0 Å². The van der Waals surface area contributed by atoms with Crippen molar-refractivity contribution in [3.8, 4) is 22.3 Å². The van der Waals surface area contributed by atoms with Gasteiger partial charge in [-0.05, 0) is 107 Å². The van der Waals surface area contributed by atoms with Gasteiger partial charge in [-0.25, -0.2) is 0 Å². The number of rotatable bonds is 8. The Morgan fingerprint density at radius 3 is 0.942 bits per heavy atom. The number of hydrogen-bond acceptors (Lipinski definition) is 2. The molecule has 1 heterocycles. The third kappa shape index (κ3) is 5.78. The maximum atomic E-state index is 2.35. The standard InChI is InChI=1S/C49H37N3/c1-50-48-32-30-44(51(40-18-10-4-11-19-40)42-26-22-38(23-27-42)36-14-6-2-7-15-36)34-46(48)47-35-45(31-33-49(47)50)52(41-20-12-5-13-21-41)43-28-24-39(25-29-43)37-16-8-3-9-17-37/h2-35H,1H3. The van der Waals surface area contributed by atoms with Gasteiger partial charge < -0.3 is 14.4 Å². The van der Waals surface area contributed by atoms with E-state index in [1.54, 1.807) is 0 Å². The van der Waals surface area contributed by atoms with E-state index in [1.165, 1.54) is 44.1 Å². The quantitative estimate of drug-likeness (QED) is 0.160. The molecule has 0 amide bonds. The van der Waals surface area contributed by atoms with Gasteiger partial charge >= 0.3 is 0 Å². The van der Waals surface area contributed by atoms with Crippen molar-refractivity contribution in [2.45, 2.75) is 0 Å². The van der Waals surface area contributed by atoms with Crippen molar-refractivity contribution in [3.63, 3.8) is 0 Å². The molecule has 1 aromatic heterocycles. The van der Waals surface area contributed by atoms with E-state index >= 15 is 0 Å². The van der Waals surface area contributed by atoms with Crippen LogP contribution in [0.4, 0.5) is 34.1 Å². The van der Waals surface area contributed by atoms with Gasteiger partial charge in [0.15, 0.2) is 0 Å². The molecule has 0 saturated heterocycles. The van der Waals surface area contributed by atoms with Crippen LogP contribution < -0.4 is 9.80 Å². The van der Waals surface area contributed by atoms with Crippen LogP contribution in [-0.2, 0) is 7.05 Å². The topological polar surface area (TPSA) is 11.4 Å². The Morgan fingerprint density at radius 2 is 0.577 bits per heavy atom. The van der Waals surface area contributed by atoms with Crippen molar-refractivity contribution >= 4 is 55.9 Å². The monoisotopic (exact) mass is 667 g/mol. The summed E-state index contributed by atoms with van der Waals surface area (Å²) in [6.07, 6.45) is 0. The molecule has 3 heteroatoms. The molecule has 9 rings (SSSR count). The second kappa shape index (κ2) is 13.5. The Labute approximate surface area is 304 Å². The highest BCUT2D eigenvalue weighted by Crippen LogP contribution is 2.42. The summed E-state index contributed by atoms with van der Waals surface area (Å²) in [5.41, 5.74) is 13.9. The highest BCUT2D eigenvalue weighted by Gasteiger charge is 2.18. The third-order valence-electron chi connectivity index (χ3n) is 9.98. The Hall–Kier alpha value is -6.84. The van der Waals surface area contributed by atoms with Crippen LogP contribution in [0.15, 0.2) is 206 Å². The van der Waals surface area contributed by atoms with E-state index in [0.29, 0.717) is 0 Å². The van der Waals surface area contributed by atoms with Gasteiger partial charge in [0.2, 0.25) is 0 Å². The zero-order valence-electron chi connectivity index (χ0n) is 29.0. The summed E-state index contributed by atoms with van der Waals surface area (Å²) in [5.74, 6) is 0. The van der Waals surface area contributed by atoms with E-state index in [2.05, 4.69) is 228 Å². The highest BCUT2D eigenvalue weighted by atomic mass is 15.1. The number of benzene rings is 8. The van der Waals surface area contributed by atoms with Gasteiger partial charge in [0.05, 0.1) is 0 Å². The molecule has 0 aliphatic rings. The van der Waals surface area contributed by atoms with Gasteiger partial charge in [-0.2, -0.15) is 0 Å². The summed E-state index contributed by atoms with van der Waals surface area (Å²) in [4.78, 5) is 4.70. The number of para-hydroxylation sites is 2. The van der Waals surface area contributed by atoms with Crippen molar-refractivity contribution in [3.05, 3.63) is 206 Å². The molecule has 0 N–H and O–H groups in total. The molecule has 8 aromatic carbocycles. The van der Waals surface area contributed by atoms with E-state index in [0.717, 1.165) is 34.1 Å². The molecule has 52 heavy (non-hydrogen) atoms. The Balaban J connectivity index is 1.16. The van der Waals surface area contributed by atoms with Gasteiger partial charge in [0, 0.05) is 63.0 Å². The van der Waals surface area contributed by atoms with E-state index in [1.807, 2.05) is 0 Å². The molecular weight excluding hydrogens is 631 g/mol. The summed E-state index contributed by atoms with van der Waals surface area (Å²) in [7, 11) is 2.17. The average molecular weight is 668 g/mol. The first-order valence-electron chi connectivity index (χ1n) is 17.7. The number of aromatic nitrogens is 1. The third-order valence-corrected chi connectivity index (χ3v) is 9.98. The molecule has 0 atom stereocenters. The summed E-state index contributed by atoms with van der Waals surface area (Å²) < 4.78 is 2.31. The fraction of sp³-hybridized carbons (Fsp3) is 0.0204. The summed E-state index contributed by atoms with van der Waals surface area (Å²) >= 11 is 0. The fourth-order valence-electron chi connectivity index (χ4n) is 7.39. The van der Waals surface area contributed by atoms with Gasteiger partial charge in [0.25, 0.3) is 0 Å². The van der Waals surface area contributed by atoms with E-state index < -0.39 is 0 Å². The van der Waals surface area contributed by atoms with Crippen molar-refractivity contribution in [2.75, 3.05) is 9.80 Å². The Kier molecular flexibility index (Phi) is 8.07. The van der Waals surface area contributed by atoms with Crippen molar-refractivity contribution in [1.29, 1.82) is 0 Å². The van der Waals surface area contributed by atoms with Gasteiger partial charge in [0.1, 0.15) is 0 Å². The predicted molar refractivity (Wildman–Crippen MR) is 221 cm³/mol. The second-order valence-corrected chi connectivity index (χ2v) is 13.1. The number of nitrogens with zero attached hydrogens (tertiary/aromatic N) is 3. The minimum absolute atomic E-state index is 1.11. The molecular formula is C49H37N3. The molecule has 0 spiro atoms. The summed E-state index contributed by atoms with van der Waals surface area (Å²) in [5, 5.41) is 2.43. The van der Waals surface area contributed by atoms with Crippen LogP contribution in [0.2, 0.25) is 0 Å². The lowest BCUT2D eigenvalue weighted by Crippen LogP contribution is -2.10. The molecule has 3 nitrogen and oxygen atoms in total. The molecule has 0 unspecified atom stereocenters. The zero-order chi connectivity index (χ0) is 34.9. The van der Waals surface area contributed by atoms with E-state index in [-0.39, 0.29) is 0 Å². The maximum absolute atomic E-state index is 2.35. The fourth-order valence-corrected chi connectivity index (χ4v) is 7.39. The first-order valence-corrected chi connectivity index (χ1v) is 17.7. The number of anilines is 6. The van der Waals surface area contributed by atoms with Crippen LogP contribution in [0.25, 0.3) is 44.1 Å². The van der Waals surface area contributed by atoms with E-state index in [4.69, 9.17) is 0 Å². The Bertz CT molecular complexity index is 2410. The molecule has 0 aliphatic carbocycles. The van der Waals surface area contributed by atoms with Crippen LogP contribution in [0, 0.1) is 0 Å². The average Bonchev–Trinajstić information content (AvgIpc) is 3.50. The first kappa shape index (κ1) is 31.2. The number of fused-ring (bicyclic) bond motifs is 3. The van der Waals surface area contributed by atoms with Crippen molar-refractivity contribution in [1.82, 2.24) is 4.57 Å². The lowest BCUT2D eigenvalue weighted by molar-refractivity contribution is 1.01. The lowest BCUT2D eigenvalue weighted by atomic mass is 10.0. The zero-order valence-corrected chi connectivity index (χ0v) is 29.0. The van der Waals surface area contributed by atoms with Gasteiger partial charge in [-0.15, -0.1) is 0 Å². The van der Waals surface area contributed by atoms with Crippen LogP contribution in [0.5, 0.6) is 0 Å². The molecule has 248 valence electrons. The summed E-state index contributed by atoms with van der Waals surface area (Å²) in [6, 6.07) is 73.8. The summed E-state index contributed by atoms with van der Waals surface area (Å²) in [6.45, 7) is 0. The van der Waals surface area contributed by atoms with Crippen molar-refractivity contribution < 1.29 is 0 Å². The molecule has 0 fully saturated rings. The molecule has 0 aliphatic heterocycles. The molecule has 0 bridgehead atoms. The largest absolute Gasteiger partial charge is 0.344 e. The van der Waals surface area contributed by atoms with E-state index in [9.17, 15) is 0 Å². The van der Waals surface area contributed by atoms with Crippen LogP contribution >= 0.6 is 0 Å². The maximum Gasteiger partial charge on any atom is 0.0490 e. The first-order chi connectivity index (χ1) is 25.7. The van der Waals surface area contributed by atoms with Gasteiger partial charge in [-0.3, -0.25) is 0 Å². The molecule has 0 saturated carbocycles. The highest BCUT2D eigenvalue weighted by molar-refractivity contribution is 6.11. The SMILES string of the molecule is Cn1c2ccc(N(c3ccccc3)c3ccc(-c4ccccc4)cc3)cc2c2cc(N(c3ccccc3)c3ccc(-c4ccccc4)cc3)ccc21.